The molecule has 0 heterocycles. The molecule has 4 heteroatoms. The number of ether oxygens (including phenoxy) is 2. The van der Waals surface area contributed by atoms with Gasteiger partial charge in [-0.3, -0.25) is 0 Å². The largest absolute Gasteiger partial charge is 0.459 e. The van der Waals surface area contributed by atoms with Crippen molar-refractivity contribution in [3.63, 3.8) is 0 Å². The Morgan fingerprint density at radius 2 is 0.833 bits per heavy atom. The highest BCUT2D eigenvalue weighted by Crippen LogP contribution is 2.26. The maximum Gasteiger partial charge on any atom is 0.338 e. The number of carbonyl (C=O) groups is 2. The lowest BCUT2D eigenvalue weighted by molar-refractivity contribution is 0.0310. The number of hydrogen-bond acceptors (Lipinski definition) is 4. The van der Waals surface area contributed by atoms with E-state index in [1.54, 1.807) is 0 Å². The van der Waals surface area contributed by atoms with E-state index in [-0.39, 0.29) is 24.1 Å². The van der Waals surface area contributed by atoms with E-state index in [1.807, 2.05) is 62.4 Å². The van der Waals surface area contributed by atoms with Crippen LogP contribution in [0, 0.1) is 0 Å². The molecular weight excluding hydrogens is 448 g/mol. The molecule has 36 heavy (non-hydrogen) atoms. The van der Waals surface area contributed by atoms with Crippen LogP contribution < -0.4 is 0 Å². The zero-order valence-corrected chi connectivity index (χ0v) is 22.0. The quantitative estimate of drug-likeness (QED) is 0.241. The van der Waals surface area contributed by atoms with Crippen molar-refractivity contribution in [3.8, 4) is 22.3 Å². The van der Waals surface area contributed by atoms with Gasteiger partial charge in [0.15, 0.2) is 0 Å². The van der Waals surface area contributed by atoms with E-state index in [9.17, 15) is 9.59 Å². The second kappa shape index (κ2) is 13.6. The van der Waals surface area contributed by atoms with Gasteiger partial charge in [0, 0.05) is 0 Å². The van der Waals surface area contributed by atoms with Crippen molar-refractivity contribution >= 4 is 11.9 Å². The number of hydrogen-bond donors (Lipinski definition) is 0. The van der Waals surface area contributed by atoms with Gasteiger partial charge >= 0.3 is 11.9 Å². The molecule has 0 radical (unpaired) electrons. The first-order valence-electron chi connectivity index (χ1n) is 13.1. The molecule has 3 aromatic carbocycles. The summed E-state index contributed by atoms with van der Waals surface area (Å²) >= 11 is 0. The van der Waals surface area contributed by atoms with Crippen LogP contribution in [-0.4, -0.2) is 24.1 Å². The fraction of sp³-hybridized carbons (Fsp3) is 0.375. The molecule has 190 valence electrons. The minimum absolute atomic E-state index is 0.0706. The van der Waals surface area contributed by atoms with Gasteiger partial charge in [0.1, 0.15) is 0 Å². The molecule has 0 amide bonds. The Balaban J connectivity index is 1.60. The third-order valence-corrected chi connectivity index (χ3v) is 6.34. The van der Waals surface area contributed by atoms with Gasteiger partial charge in [-0.25, -0.2) is 9.59 Å². The zero-order valence-electron chi connectivity index (χ0n) is 22.0. The smallest absolute Gasteiger partial charge is 0.338 e. The monoisotopic (exact) mass is 486 g/mol. The van der Waals surface area contributed by atoms with Gasteiger partial charge in [-0.1, -0.05) is 88.1 Å². The molecule has 2 atom stereocenters. The number of esters is 2. The van der Waals surface area contributed by atoms with Gasteiger partial charge in [0.05, 0.1) is 23.3 Å². The second-order valence-electron chi connectivity index (χ2n) is 9.45. The maximum absolute atomic E-state index is 12.4. The Kier molecular flexibility index (Phi) is 10.3. The van der Waals surface area contributed by atoms with Crippen LogP contribution in [-0.2, 0) is 9.47 Å². The van der Waals surface area contributed by atoms with E-state index in [2.05, 4.69) is 38.1 Å². The Morgan fingerprint density at radius 3 is 1.11 bits per heavy atom. The van der Waals surface area contributed by atoms with Crippen molar-refractivity contribution in [2.45, 2.75) is 78.4 Å². The molecule has 0 aromatic heterocycles. The molecule has 3 rings (SSSR count). The van der Waals surface area contributed by atoms with Crippen molar-refractivity contribution in [2.24, 2.45) is 0 Å². The van der Waals surface area contributed by atoms with Gasteiger partial charge in [-0.05, 0) is 73.2 Å². The highest BCUT2D eigenvalue weighted by molar-refractivity contribution is 5.91. The Bertz CT molecular complexity index is 1010. The summed E-state index contributed by atoms with van der Waals surface area (Å²) in [5, 5.41) is 0. The summed E-state index contributed by atoms with van der Waals surface area (Å²) in [6.45, 7) is 8.14. The topological polar surface area (TPSA) is 52.6 Å². The maximum atomic E-state index is 12.4. The molecule has 0 aliphatic heterocycles. The van der Waals surface area contributed by atoms with Crippen LogP contribution >= 0.6 is 0 Å². The highest BCUT2D eigenvalue weighted by Gasteiger charge is 2.13. The first kappa shape index (κ1) is 27.2. The Morgan fingerprint density at radius 1 is 0.556 bits per heavy atom. The SMILES string of the molecule is CCCC[C@H](C)OC(=O)c1ccc(-c2ccc(-c3ccc(C(=O)O[C@@H](C)CCCC)cc3)cc2)cc1. The molecule has 3 aromatic rings. The van der Waals surface area contributed by atoms with E-state index in [0.29, 0.717) is 11.1 Å². The minimum atomic E-state index is -0.275. The Labute approximate surface area is 215 Å². The molecule has 0 saturated heterocycles. The standard InChI is InChI=1S/C32H38O4/c1-5-7-9-23(3)35-31(33)29-19-15-27(16-20-29)25-11-13-26(14-12-25)28-17-21-30(22-18-28)32(34)36-24(4)10-8-6-2/h11-24H,5-10H2,1-4H3/t23-,24-/m0/s1. The van der Waals surface area contributed by atoms with Gasteiger partial charge in [-0.2, -0.15) is 0 Å². The highest BCUT2D eigenvalue weighted by atomic mass is 16.5. The molecule has 0 N–H and O–H groups in total. The third kappa shape index (κ3) is 7.81. The fourth-order valence-corrected chi connectivity index (χ4v) is 4.06. The van der Waals surface area contributed by atoms with Crippen LogP contribution in [0.5, 0.6) is 0 Å². The summed E-state index contributed by atoms with van der Waals surface area (Å²) in [6.07, 6.45) is 5.92. The van der Waals surface area contributed by atoms with E-state index in [4.69, 9.17) is 9.47 Å². The molecule has 0 bridgehead atoms. The van der Waals surface area contributed by atoms with Crippen LogP contribution in [0.4, 0.5) is 0 Å². The average molecular weight is 487 g/mol. The third-order valence-electron chi connectivity index (χ3n) is 6.34. The summed E-state index contributed by atoms with van der Waals surface area (Å²) in [5.74, 6) is -0.550. The molecule has 0 spiro atoms. The van der Waals surface area contributed by atoms with E-state index < -0.39 is 0 Å². The van der Waals surface area contributed by atoms with Gasteiger partial charge < -0.3 is 9.47 Å². The van der Waals surface area contributed by atoms with Gasteiger partial charge in [0.2, 0.25) is 0 Å². The van der Waals surface area contributed by atoms with Crippen LogP contribution in [0.2, 0.25) is 0 Å². The predicted octanol–water partition coefficient (Wildman–Crippen LogP) is 8.49. The van der Waals surface area contributed by atoms with Crippen molar-refractivity contribution in [1.82, 2.24) is 0 Å². The zero-order chi connectivity index (χ0) is 25.9. The van der Waals surface area contributed by atoms with Crippen molar-refractivity contribution in [2.75, 3.05) is 0 Å². The number of rotatable bonds is 12. The fourth-order valence-electron chi connectivity index (χ4n) is 4.06. The molecule has 0 aliphatic rings. The average Bonchev–Trinajstić information content (AvgIpc) is 2.91. The molecule has 0 saturated carbocycles. The lowest BCUT2D eigenvalue weighted by Gasteiger charge is -2.13. The molecule has 0 aliphatic carbocycles. The first-order valence-corrected chi connectivity index (χ1v) is 13.1. The first-order chi connectivity index (χ1) is 17.4. The van der Waals surface area contributed by atoms with E-state index >= 15 is 0 Å². The van der Waals surface area contributed by atoms with Crippen molar-refractivity contribution in [1.29, 1.82) is 0 Å². The van der Waals surface area contributed by atoms with Crippen LogP contribution in [0.25, 0.3) is 22.3 Å². The lowest BCUT2D eigenvalue weighted by Crippen LogP contribution is -2.14. The second-order valence-corrected chi connectivity index (χ2v) is 9.45. The van der Waals surface area contributed by atoms with Crippen molar-refractivity contribution in [3.05, 3.63) is 83.9 Å². The predicted molar refractivity (Wildman–Crippen MR) is 146 cm³/mol. The summed E-state index contributed by atoms with van der Waals surface area (Å²) < 4.78 is 11.1. The summed E-state index contributed by atoms with van der Waals surface area (Å²) in [7, 11) is 0. The Hall–Kier alpha value is -3.40. The van der Waals surface area contributed by atoms with E-state index in [1.165, 1.54) is 0 Å². The van der Waals surface area contributed by atoms with Crippen LogP contribution in [0.15, 0.2) is 72.8 Å². The molecule has 0 unspecified atom stereocenters. The summed E-state index contributed by atoms with van der Waals surface area (Å²) in [6, 6.07) is 23.3. The number of benzene rings is 3. The van der Waals surface area contributed by atoms with E-state index in [0.717, 1.165) is 60.8 Å². The lowest BCUT2D eigenvalue weighted by atomic mass is 9.99. The van der Waals surface area contributed by atoms with Gasteiger partial charge in [0.25, 0.3) is 0 Å². The van der Waals surface area contributed by atoms with Crippen LogP contribution in [0.1, 0.15) is 86.9 Å². The molecular formula is C32H38O4. The number of unbranched alkanes of at least 4 members (excludes halogenated alkanes) is 2. The normalized spacial score (nSPS) is 12.6. The van der Waals surface area contributed by atoms with Gasteiger partial charge in [-0.15, -0.1) is 0 Å². The molecule has 4 nitrogen and oxygen atoms in total. The molecule has 0 fully saturated rings. The summed E-state index contributed by atoms with van der Waals surface area (Å²) in [5.41, 5.74) is 5.33. The summed E-state index contributed by atoms with van der Waals surface area (Å²) in [4.78, 5) is 24.8. The number of carbonyl (C=O) groups excluding carboxylic acids is 2. The van der Waals surface area contributed by atoms with Crippen LogP contribution in [0.3, 0.4) is 0 Å². The minimum Gasteiger partial charge on any atom is -0.459 e. The van der Waals surface area contributed by atoms with Crippen molar-refractivity contribution < 1.29 is 19.1 Å².